The molecule has 1 aromatic carbocycles. The molecule has 0 amide bonds. The van der Waals surface area contributed by atoms with Crippen LogP contribution in [0.2, 0.25) is 0 Å². The van der Waals surface area contributed by atoms with E-state index in [1.54, 1.807) is 12.1 Å². The monoisotopic (exact) mass is 292 g/mol. The first-order valence-electron chi connectivity index (χ1n) is 6.55. The third kappa shape index (κ3) is 4.53. The van der Waals surface area contributed by atoms with Crippen LogP contribution in [0.1, 0.15) is 18.9 Å². The van der Waals surface area contributed by atoms with Crippen LogP contribution in [0.25, 0.3) is 0 Å². The molecule has 0 saturated carbocycles. The molecular weight excluding hydrogens is 275 g/mol. The molecule has 2 rings (SSSR count). The van der Waals surface area contributed by atoms with E-state index in [2.05, 4.69) is 25.7 Å². The number of nitrogens with two attached hydrogens (primary N) is 1. The molecule has 0 aliphatic carbocycles. The van der Waals surface area contributed by atoms with Crippen LogP contribution in [0.5, 0.6) is 6.01 Å². The van der Waals surface area contributed by atoms with Crippen LogP contribution in [0, 0.1) is 5.82 Å². The number of hydrazine groups is 1. The lowest BCUT2D eigenvalue weighted by atomic mass is 10.2. The summed E-state index contributed by atoms with van der Waals surface area (Å²) >= 11 is 0. The average Bonchev–Trinajstić information content (AvgIpc) is 2.51. The molecule has 0 bridgehead atoms. The first-order valence-corrected chi connectivity index (χ1v) is 6.55. The van der Waals surface area contributed by atoms with Crippen molar-refractivity contribution < 1.29 is 9.13 Å². The van der Waals surface area contributed by atoms with Gasteiger partial charge < -0.3 is 10.1 Å². The Hall–Kier alpha value is -2.48. The maximum Gasteiger partial charge on any atom is 0.323 e. The van der Waals surface area contributed by atoms with E-state index in [0.29, 0.717) is 19.1 Å². The van der Waals surface area contributed by atoms with E-state index in [4.69, 9.17) is 10.6 Å². The molecule has 1 heterocycles. The zero-order chi connectivity index (χ0) is 15.1. The Bertz CT molecular complexity index is 595. The lowest BCUT2D eigenvalue weighted by Crippen LogP contribution is -2.14. The van der Waals surface area contributed by atoms with Crippen LogP contribution < -0.4 is 21.3 Å². The molecule has 0 atom stereocenters. The normalized spacial score (nSPS) is 10.2. The minimum absolute atomic E-state index is 0.182. The van der Waals surface area contributed by atoms with Crippen LogP contribution in [0.3, 0.4) is 0 Å². The smallest absolute Gasteiger partial charge is 0.323 e. The number of rotatable bonds is 7. The van der Waals surface area contributed by atoms with Crippen LogP contribution >= 0.6 is 0 Å². The number of hydrogen-bond acceptors (Lipinski definition) is 7. The lowest BCUT2D eigenvalue weighted by Gasteiger charge is -2.09. The van der Waals surface area contributed by atoms with Crippen molar-refractivity contribution in [1.82, 2.24) is 15.0 Å². The second-order valence-electron chi connectivity index (χ2n) is 4.24. The SMILES string of the molecule is CCCOc1nc(NN)nc(NCc2cccc(F)c2)n1. The Morgan fingerprint density at radius 1 is 1.24 bits per heavy atom. The fraction of sp³-hybridized carbons (Fsp3) is 0.308. The number of halogens is 1. The molecule has 8 heteroatoms. The van der Waals surface area contributed by atoms with Crippen molar-refractivity contribution >= 4 is 11.9 Å². The Balaban J connectivity index is 2.07. The fourth-order valence-electron chi connectivity index (χ4n) is 1.59. The van der Waals surface area contributed by atoms with Crippen LogP contribution in [-0.2, 0) is 6.54 Å². The Morgan fingerprint density at radius 2 is 2.05 bits per heavy atom. The predicted octanol–water partition coefficient (Wildman–Crippen LogP) is 1.70. The average molecular weight is 292 g/mol. The highest BCUT2D eigenvalue weighted by Crippen LogP contribution is 2.12. The van der Waals surface area contributed by atoms with E-state index in [1.165, 1.54) is 12.1 Å². The number of hydrogen-bond donors (Lipinski definition) is 3. The molecular formula is C13H17FN6O. The maximum atomic E-state index is 13.1. The van der Waals surface area contributed by atoms with Crippen molar-refractivity contribution in [3.63, 3.8) is 0 Å². The maximum absolute atomic E-state index is 13.1. The number of nitrogen functional groups attached to an aromatic ring is 1. The topological polar surface area (TPSA) is 98.0 Å². The second-order valence-corrected chi connectivity index (χ2v) is 4.24. The minimum atomic E-state index is -0.291. The zero-order valence-corrected chi connectivity index (χ0v) is 11.6. The van der Waals surface area contributed by atoms with E-state index >= 15 is 0 Å². The van der Waals surface area contributed by atoms with Crippen molar-refractivity contribution in [1.29, 1.82) is 0 Å². The molecule has 0 spiro atoms. The van der Waals surface area contributed by atoms with E-state index in [0.717, 1.165) is 12.0 Å². The summed E-state index contributed by atoms with van der Waals surface area (Å²) in [6.45, 7) is 2.85. The summed E-state index contributed by atoms with van der Waals surface area (Å²) in [5.41, 5.74) is 3.12. The van der Waals surface area contributed by atoms with Gasteiger partial charge in [0.25, 0.3) is 0 Å². The minimum Gasteiger partial charge on any atom is -0.463 e. The highest BCUT2D eigenvalue weighted by Gasteiger charge is 2.06. The number of benzene rings is 1. The number of nitrogens with zero attached hydrogens (tertiary/aromatic N) is 3. The van der Waals surface area contributed by atoms with Crippen molar-refractivity contribution in [2.75, 3.05) is 17.3 Å². The highest BCUT2D eigenvalue weighted by molar-refractivity contribution is 5.35. The lowest BCUT2D eigenvalue weighted by molar-refractivity contribution is 0.292. The van der Waals surface area contributed by atoms with E-state index in [1.807, 2.05) is 6.92 Å². The summed E-state index contributed by atoms with van der Waals surface area (Å²) in [5.74, 6) is 5.51. The van der Waals surface area contributed by atoms with Crippen molar-refractivity contribution in [3.05, 3.63) is 35.6 Å². The number of nitrogens with one attached hydrogen (secondary N) is 2. The van der Waals surface area contributed by atoms with Crippen LogP contribution in [0.15, 0.2) is 24.3 Å². The molecule has 0 saturated heterocycles. The number of ether oxygens (including phenoxy) is 1. The summed E-state index contributed by atoms with van der Waals surface area (Å²) in [7, 11) is 0. The molecule has 1 aromatic heterocycles. The first-order chi connectivity index (χ1) is 10.2. The Kier molecular flexibility index (Phi) is 5.22. The van der Waals surface area contributed by atoms with Crippen LogP contribution in [-0.4, -0.2) is 21.6 Å². The Morgan fingerprint density at radius 3 is 2.76 bits per heavy atom. The van der Waals surface area contributed by atoms with Gasteiger partial charge >= 0.3 is 6.01 Å². The quantitative estimate of drug-likeness (QED) is 0.527. The Labute approximate surface area is 121 Å². The van der Waals surface area contributed by atoms with Gasteiger partial charge in [-0.1, -0.05) is 19.1 Å². The molecule has 7 nitrogen and oxygen atoms in total. The molecule has 0 aliphatic rings. The zero-order valence-electron chi connectivity index (χ0n) is 11.6. The van der Waals surface area contributed by atoms with Crippen molar-refractivity contribution in [3.8, 4) is 6.01 Å². The van der Waals surface area contributed by atoms with Gasteiger partial charge in [0.05, 0.1) is 6.61 Å². The summed E-state index contributed by atoms with van der Waals surface area (Å²) in [6.07, 6.45) is 0.836. The summed E-state index contributed by atoms with van der Waals surface area (Å²) < 4.78 is 18.5. The van der Waals surface area contributed by atoms with E-state index < -0.39 is 0 Å². The molecule has 0 radical (unpaired) electrons. The third-order valence-corrected chi connectivity index (χ3v) is 2.52. The van der Waals surface area contributed by atoms with Crippen LogP contribution in [0.4, 0.5) is 16.3 Å². The molecule has 4 N–H and O–H groups in total. The fourth-order valence-corrected chi connectivity index (χ4v) is 1.59. The largest absolute Gasteiger partial charge is 0.463 e. The van der Waals surface area contributed by atoms with E-state index in [-0.39, 0.29) is 17.8 Å². The predicted molar refractivity (Wildman–Crippen MR) is 77.1 cm³/mol. The van der Waals surface area contributed by atoms with Gasteiger partial charge in [-0.05, 0) is 24.1 Å². The van der Waals surface area contributed by atoms with E-state index in [9.17, 15) is 4.39 Å². The van der Waals surface area contributed by atoms with Gasteiger partial charge in [0.1, 0.15) is 5.82 Å². The molecule has 0 unspecified atom stereocenters. The van der Waals surface area contributed by atoms with Gasteiger partial charge in [0.2, 0.25) is 11.9 Å². The highest BCUT2D eigenvalue weighted by atomic mass is 19.1. The molecule has 2 aromatic rings. The van der Waals surface area contributed by atoms with Gasteiger partial charge in [-0.15, -0.1) is 0 Å². The molecule has 21 heavy (non-hydrogen) atoms. The van der Waals surface area contributed by atoms with Gasteiger partial charge in [-0.2, -0.15) is 15.0 Å². The summed E-state index contributed by atoms with van der Waals surface area (Å²) in [5, 5.41) is 2.98. The van der Waals surface area contributed by atoms with Gasteiger partial charge in [0.15, 0.2) is 0 Å². The standard InChI is InChI=1S/C13H17FN6O/c1-2-6-21-13-18-11(17-12(19-13)20-15)16-8-9-4-3-5-10(14)7-9/h3-5,7H,2,6,8,15H2,1H3,(H2,16,17,18,19,20). The molecule has 0 fully saturated rings. The van der Waals surface area contributed by atoms with Crippen molar-refractivity contribution in [2.24, 2.45) is 5.84 Å². The van der Waals surface area contributed by atoms with Crippen molar-refractivity contribution in [2.45, 2.75) is 19.9 Å². The number of anilines is 2. The first kappa shape index (κ1) is 14.9. The third-order valence-electron chi connectivity index (χ3n) is 2.52. The summed E-state index contributed by atoms with van der Waals surface area (Å²) in [6, 6.07) is 6.45. The molecule has 0 aliphatic heterocycles. The molecule has 112 valence electrons. The van der Waals surface area contributed by atoms with Gasteiger partial charge in [0, 0.05) is 6.54 Å². The summed E-state index contributed by atoms with van der Waals surface area (Å²) in [4.78, 5) is 12.1. The second kappa shape index (κ2) is 7.34. The van der Waals surface area contributed by atoms with Gasteiger partial charge in [-0.3, -0.25) is 5.43 Å². The number of aromatic nitrogens is 3. The van der Waals surface area contributed by atoms with Gasteiger partial charge in [-0.25, -0.2) is 10.2 Å².